The average molecular weight is 505 g/mol. The Hall–Kier alpha value is -2.09. The van der Waals surface area contributed by atoms with Gasteiger partial charge in [-0.15, -0.1) is 0 Å². The van der Waals surface area contributed by atoms with E-state index in [1.807, 2.05) is 0 Å². The lowest BCUT2D eigenvalue weighted by molar-refractivity contribution is -0.133. The number of rotatable bonds is 17. The minimum atomic E-state index is -0.303. The molecule has 0 radical (unpaired) electrons. The maximum Gasteiger partial charge on any atom is 0.323 e. The molecule has 37 heavy (non-hydrogen) atoms. The zero-order valence-electron chi connectivity index (χ0n) is 24.5. The van der Waals surface area contributed by atoms with Gasteiger partial charge in [-0.3, -0.25) is 4.79 Å². The fraction of sp³-hybridized carbons (Fsp3) is 0.629. The van der Waals surface area contributed by atoms with Crippen molar-refractivity contribution >= 4 is 5.97 Å². The molecule has 0 amide bonds. The van der Waals surface area contributed by atoms with Gasteiger partial charge in [0.25, 0.3) is 0 Å². The van der Waals surface area contributed by atoms with Gasteiger partial charge in [0.1, 0.15) is 11.7 Å². The third-order valence-electron chi connectivity index (χ3n) is 8.56. The molecule has 0 aliphatic carbocycles. The van der Waals surface area contributed by atoms with Gasteiger partial charge >= 0.3 is 5.97 Å². The summed E-state index contributed by atoms with van der Waals surface area (Å²) < 4.78 is 5.96. The van der Waals surface area contributed by atoms with Gasteiger partial charge < -0.3 is 4.74 Å². The van der Waals surface area contributed by atoms with Crippen molar-refractivity contribution in [3.8, 4) is 5.75 Å². The van der Waals surface area contributed by atoms with Crippen LogP contribution in [0.1, 0.15) is 155 Å². The molecule has 2 unspecified atom stereocenters. The monoisotopic (exact) mass is 504 g/mol. The largest absolute Gasteiger partial charge is 0.425 e. The first kappa shape index (κ1) is 29.5. The number of ether oxygens (including phenoxy) is 1. The lowest BCUT2D eigenvalue weighted by atomic mass is 9.84. The van der Waals surface area contributed by atoms with E-state index in [9.17, 15) is 4.79 Å². The third-order valence-corrected chi connectivity index (χ3v) is 8.56. The van der Waals surface area contributed by atoms with Crippen molar-refractivity contribution in [2.24, 2.45) is 0 Å². The highest BCUT2D eigenvalue weighted by molar-refractivity contribution is 5.91. The highest BCUT2D eigenvalue weighted by Crippen LogP contribution is 2.46. The fourth-order valence-electron chi connectivity index (χ4n) is 5.90. The lowest BCUT2D eigenvalue weighted by Crippen LogP contribution is -2.12. The lowest BCUT2D eigenvalue weighted by Gasteiger charge is -2.17. The summed E-state index contributed by atoms with van der Waals surface area (Å²) in [6.07, 6.45) is 20.6. The number of aryl methyl sites for hydroxylation is 3. The third kappa shape index (κ3) is 8.45. The Morgan fingerprint density at radius 1 is 0.703 bits per heavy atom. The molecule has 1 aliphatic heterocycles. The summed E-state index contributed by atoms with van der Waals surface area (Å²) >= 11 is 0. The van der Waals surface area contributed by atoms with Gasteiger partial charge in [-0.25, -0.2) is 0 Å². The molecule has 0 fully saturated rings. The van der Waals surface area contributed by atoms with Crippen molar-refractivity contribution < 1.29 is 9.53 Å². The fourth-order valence-corrected chi connectivity index (χ4v) is 5.90. The standard InChI is InChI=1S/C35H52O2/c1-6-7-8-9-10-11-12-13-14-15-16-17-18-19-20-27(3)31-24-22-28(4)32-33(35(36)37-34(31)32)30-23-21-26(2)29(5)25-30/h21-25,27,33H,6-20H2,1-5H3. The van der Waals surface area contributed by atoms with Gasteiger partial charge in [-0.1, -0.05) is 134 Å². The predicted molar refractivity (Wildman–Crippen MR) is 158 cm³/mol. The normalized spacial score (nSPS) is 15.6. The van der Waals surface area contributed by atoms with Crippen LogP contribution in [0.2, 0.25) is 0 Å². The highest BCUT2D eigenvalue weighted by atomic mass is 16.5. The van der Waals surface area contributed by atoms with Crippen LogP contribution in [-0.4, -0.2) is 5.97 Å². The molecule has 2 nitrogen and oxygen atoms in total. The Morgan fingerprint density at radius 2 is 1.24 bits per heavy atom. The van der Waals surface area contributed by atoms with E-state index in [0.717, 1.165) is 28.9 Å². The minimum absolute atomic E-state index is 0.127. The zero-order chi connectivity index (χ0) is 26.6. The molecule has 0 bridgehead atoms. The van der Waals surface area contributed by atoms with Crippen molar-refractivity contribution in [3.05, 3.63) is 63.7 Å². The van der Waals surface area contributed by atoms with Gasteiger partial charge in [0.05, 0.1) is 0 Å². The van der Waals surface area contributed by atoms with Gasteiger partial charge in [0.15, 0.2) is 0 Å². The van der Waals surface area contributed by atoms with Crippen LogP contribution in [-0.2, 0) is 4.79 Å². The molecule has 0 spiro atoms. The molecule has 2 heteroatoms. The maximum atomic E-state index is 13.0. The van der Waals surface area contributed by atoms with Crippen LogP contribution in [0.3, 0.4) is 0 Å². The number of carbonyl (C=O) groups excluding carboxylic acids is 1. The summed E-state index contributed by atoms with van der Waals surface area (Å²) in [5.41, 5.74) is 6.96. The summed E-state index contributed by atoms with van der Waals surface area (Å²) in [6.45, 7) is 10.9. The molecule has 0 N–H and O–H groups in total. The molecule has 2 atom stereocenters. The number of hydrogen-bond acceptors (Lipinski definition) is 2. The van der Waals surface area contributed by atoms with E-state index >= 15 is 0 Å². The van der Waals surface area contributed by atoms with Crippen LogP contribution >= 0.6 is 0 Å². The molecular formula is C35H52O2. The SMILES string of the molecule is CCCCCCCCCCCCCCCCC(C)c1ccc(C)c2c1OC(=O)C2c1ccc(C)c(C)c1. The van der Waals surface area contributed by atoms with Crippen molar-refractivity contribution in [1.82, 2.24) is 0 Å². The summed E-state index contributed by atoms with van der Waals surface area (Å²) in [5, 5.41) is 0. The smallest absolute Gasteiger partial charge is 0.323 e. The van der Waals surface area contributed by atoms with E-state index in [1.165, 1.54) is 107 Å². The Bertz CT molecular complexity index is 989. The van der Waals surface area contributed by atoms with Crippen LogP contribution in [0.4, 0.5) is 0 Å². The number of hydrogen-bond donors (Lipinski definition) is 0. The van der Waals surface area contributed by atoms with Crippen LogP contribution < -0.4 is 4.74 Å². The molecule has 0 saturated heterocycles. The number of benzene rings is 2. The molecule has 0 aromatic heterocycles. The predicted octanol–water partition coefficient (Wildman–Crippen LogP) is 10.6. The van der Waals surface area contributed by atoms with E-state index in [2.05, 4.69) is 65.0 Å². The molecule has 2 aromatic rings. The zero-order valence-corrected chi connectivity index (χ0v) is 24.5. The number of fused-ring (bicyclic) bond motifs is 1. The Labute approximate surface area is 227 Å². The minimum Gasteiger partial charge on any atom is -0.425 e. The number of esters is 1. The topological polar surface area (TPSA) is 26.3 Å². The van der Waals surface area contributed by atoms with E-state index in [4.69, 9.17) is 4.74 Å². The van der Waals surface area contributed by atoms with E-state index < -0.39 is 0 Å². The van der Waals surface area contributed by atoms with Gasteiger partial charge in [-0.05, 0) is 60.9 Å². The molecule has 1 aliphatic rings. The summed E-state index contributed by atoms with van der Waals surface area (Å²) in [4.78, 5) is 13.0. The van der Waals surface area contributed by atoms with E-state index in [0.29, 0.717) is 5.92 Å². The molecule has 3 rings (SSSR count). The second-order valence-corrected chi connectivity index (χ2v) is 11.7. The summed E-state index contributed by atoms with van der Waals surface area (Å²) in [6, 6.07) is 10.7. The van der Waals surface area contributed by atoms with Crippen LogP contribution in [0.5, 0.6) is 5.75 Å². The second-order valence-electron chi connectivity index (χ2n) is 11.7. The van der Waals surface area contributed by atoms with Crippen LogP contribution in [0, 0.1) is 20.8 Å². The summed E-state index contributed by atoms with van der Waals surface area (Å²) in [7, 11) is 0. The maximum absolute atomic E-state index is 13.0. The highest BCUT2D eigenvalue weighted by Gasteiger charge is 2.38. The first-order valence-electron chi connectivity index (χ1n) is 15.4. The van der Waals surface area contributed by atoms with Crippen molar-refractivity contribution in [2.75, 3.05) is 0 Å². The molecular weight excluding hydrogens is 452 g/mol. The summed E-state index contributed by atoms with van der Waals surface area (Å²) in [5.74, 6) is 0.809. The second kappa shape index (κ2) is 15.4. The quantitative estimate of drug-likeness (QED) is 0.122. The number of carbonyl (C=O) groups is 1. The van der Waals surface area contributed by atoms with Gasteiger partial charge in [-0.2, -0.15) is 0 Å². The number of unbranched alkanes of at least 4 members (excludes halogenated alkanes) is 13. The molecule has 2 aromatic carbocycles. The molecule has 0 saturated carbocycles. The first-order valence-corrected chi connectivity index (χ1v) is 15.4. The van der Waals surface area contributed by atoms with Crippen molar-refractivity contribution in [2.45, 2.75) is 143 Å². The van der Waals surface area contributed by atoms with Gasteiger partial charge in [0.2, 0.25) is 0 Å². The Balaban J connectivity index is 1.41. The van der Waals surface area contributed by atoms with Crippen molar-refractivity contribution in [3.63, 3.8) is 0 Å². The first-order chi connectivity index (χ1) is 17.9. The van der Waals surface area contributed by atoms with E-state index in [-0.39, 0.29) is 11.9 Å². The van der Waals surface area contributed by atoms with Crippen LogP contribution in [0.25, 0.3) is 0 Å². The molecule has 204 valence electrons. The van der Waals surface area contributed by atoms with E-state index in [1.54, 1.807) is 0 Å². The van der Waals surface area contributed by atoms with Gasteiger partial charge in [0, 0.05) is 5.56 Å². The Kier molecular flexibility index (Phi) is 12.2. The molecule has 1 heterocycles. The Morgan fingerprint density at radius 3 is 1.81 bits per heavy atom. The average Bonchev–Trinajstić information content (AvgIpc) is 3.23. The van der Waals surface area contributed by atoms with Crippen molar-refractivity contribution in [1.29, 1.82) is 0 Å². The van der Waals surface area contributed by atoms with Crippen LogP contribution in [0.15, 0.2) is 30.3 Å².